The monoisotopic (exact) mass is 498 g/mol. The number of anilines is 1. The molecule has 11 heteroatoms. The van der Waals surface area contributed by atoms with E-state index >= 15 is 0 Å². The highest BCUT2D eigenvalue weighted by molar-refractivity contribution is 7.89. The Morgan fingerprint density at radius 2 is 1.66 bits per heavy atom. The van der Waals surface area contributed by atoms with E-state index in [1.165, 1.54) is 32.3 Å². The van der Waals surface area contributed by atoms with Crippen LogP contribution in [0.4, 0.5) is 10.5 Å². The summed E-state index contributed by atoms with van der Waals surface area (Å²) in [5.74, 6) is -0.311. The minimum absolute atomic E-state index is 0.0509. The van der Waals surface area contributed by atoms with Gasteiger partial charge in [-0.25, -0.2) is 17.5 Å². The van der Waals surface area contributed by atoms with Crippen LogP contribution in [0.15, 0.2) is 47.4 Å². The number of carbonyl (C=O) groups is 2. The first-order valence-corrected chi connectivity index (χ1v) is 12.1. The maximum absolute atomic E-state index is 13.1. The van der Waals surface area contributed by atoms with Crippen molar-refractivity contribution in [1.82, 2.24) is 14.1 Å². The number of nitrogens with zero attached hydrogens (tertiary/aromatic N) is 3. The van der Waals surface area contributed by atoms with Crippen molar-refractivity contribution in [2.24, 2.45) is 0 Å². The summed E-state index contributed by atoms with van der Waals surface area (Å²) in [6, 6.07) is 10.8. The molecular formula is C21H24Cl2N4O4S. The van der Waals surface area contributed by atoms with Crippen molar-refractivity contribution < 1.29 is 18.0 Å². The molecule has 3 amide bonds. The van der Waals surface area contributed by atoms with Crippen molar-refractivity contribution in [1.29, 1.82) is 0 Å². The molecule has 1 fully saturated rings. The van der Waals surface area contributed by atoms with Crippen molar-refractivity contribution >= 4 is 50.9 Å². The minimum atomic E-state index is -3.79. The van der Waals surface area contributed by atoms with Crippen LogP contribution >= 0.6 is 23.2 Å². The van der Waals surface area contributed by atoms with Crippen LogP contribution in [0, 0.1) is 0 Å². The topological polar surface area (TPSA) is 90.0 Å². The summed E-state index contributed by atoms with van der Waals surface area (Å²) >= 11 is 12.0. The Morgan fingerprint density at radius 3 is 2.34 bits per heavy atom. The summed E-state index contributed by atoms with van der Waals surface area (Å²) in [5.41, 5.74) is 0.821. The lowest BCUT2D eigenvalue weighted by Crippen LogP contribution is -2.39. The second-order valence-corrected chi connectivity index (χ2v) is 10.5. The highest BCUT2D eigenvalue weighted by Crippen LogP contribution is 2.25. The highest BCUT2D eigenvalue weighted by atomic mass is 35.5. The van der Waals surface area contributed by atoms with Crippen molar-refractivity contribution in [2.75, 3.05) is 45.6 Å². The lowest BCUT2D eigenvalue weighted by Gasteiger charge is -2.23. The van der Waals surface area contributed by atoms with E-state index in [2.05, 4.69) is 5.32 Å². The average Bonchev–Trinajstić information content (AvgIpc) is 3.00. The summed E-state index contributed by atoms with van der Waals surface area (Å²) in [5, 5.41) is 3.38. The number of hydrogen-bond donors (Lipinski definition) is 1. The Balaban J connectivity index is 1.70. The van der Waals surface area contributed by atoms with Crippen LogP contribution in [0.5, 0.6) is 0 Å². The SMILES string of the molecule is CN(C)S(=O)(=O)c1cc(C(=O)N2CCCN(C(=O)Nc3cccc(Cl)c3)CC2)ccc1Cl. The van der Waals surface area contributed by atoms with E-state index in [4.69, 9.17) is 23.2 Å². The zero-order valence-corrected chi connectivity index (χ0v) is 20.0. The van der Waals surface area contributed by atoms with Gasteiger partial charge < -0.3 is 15.1 Å². The van der Waals surface area contributed by atoms with E-state index in [9.17, 15) is 18.0 Å². The third kappa shape index (κ3) is 5.53. The number of urea groups is 1. The van der Waals surface area contributed by atoms with Gasteiger partial charge in [0, 0.05) is 56.5 Å². The first-order valence-electron chi connectivity index (χ1n) is 9.92. The van der Waals surface area contributed by atoms with Crippen LogP contribution in [0.1, 0.15) is 16.8 Å². The summed E-state index contributed by atoms with van der Waals surface area (Å²) in [7, 11) is -0.993. The van der Waals surface area contributed by atoms with Crippen LogP contribution in [0.3, 0.4) is 0 Å². The van der Waals surface area contributed by atoms with E-state index in [1.807, 2.05) is 0 Å². The number of halogens is 2. The molecular weight excluding hydrogens is 475 g/mol. The number of benzene rings is 2. The van der Waals surface area contributed by atoms with Gasteiger partial charge in [-0.2, -0.15) is 0 Å². The quantitative estimate of drug-likeness (QED) is 0.696. The molecule has 0 aliphatic carbocycles. The van der Waals surface area contributed by atoms with Gasteiger partial charge in [0.15, 0.2) is 0 Å². The van der Waals surface area contributed by atoms with Gasteiger partial charge in [-0.05, 0) is 42.8 Å². The molecule has 0 radical (unpaired) electrons. The zero-order chi connectivity index (χ0) is 23.5. The summed E-state index contributed by atoms with van der Waals surface area (Å²) in [4.78, 5) is 28.8. The van der Waals surface area contributed by atoms with E-state index in [1.54, 1.807) is 34.1 Å². The Bertz CT molecular complexity index is 1120. The number of amides is 3. The van der Waals surface area contributed by atoms with Crippen molar-refractivity contribution in [3.8, 4) is 0 Å². The molecule has 1 aliphatic rings. The zero-order valence-electron chi connectivity index (χ0n) is 17.7. The molecule has 2 aromatic carbocycles. The molecule has 0 bridgehead atoms. The Morgan fingerprint density at radius 1 is 0.969 bits per heavy atom. The first kappa shape index (κ1) is 24.3. The lowest BCUT2D eigenvalue weighted by molar-refractivity contribution is 0.0762. The number of nitrogens with one attached hydrogen (secondary N) is 1. The number of rotatable bonds is 4. The van der Waals surface area contributed by atoms with Crippen LogP contribution < -0.4 is 5.32 Å². The Labute approximate surface area is 197 Å². The van der Waals surface area contributed by atoms with Crippen molar-refractivity contribution in [2.45, 2.75) is 11.3 Å². The third-order valence-electron chi connectivity index (χ3n) is 5.08. The van der Waals surface area contributed by atoms with Crippen LogP contribution in [-0.4, -0.2) is 74.7 Å². The molecule has 0 saturated carbocycles. The standard InChI is InChI=1S/C21H24Cl2N4O4S/c1-25(2)32(30,31)19-13-15(7-8-18(19)23)20(28)26-9-4-10-27(12-11-26)21(29)24-17-6-3-5-16(22)14-17/h3,5-8,13-14H,4,9-12H2,1-2H3,(H,24,29). The van der Waals surface area contributed by atoms with E-state index < -0.39 is 10.0 Å². The molecule has 2 aromatic rings. The molecule has 0 atom stereocenters. The van der Waals surface area contributed by atoms with Gasteiger partial charge >= 0.3 is 6.03 Å². The summed E-state index contributed by atoms with van der Waals surface area (Å²) in [6.45, 7) is 1.59. The van der Waals surface area contributed by atoms with Gasteiger partial charge in [-0.3, -0.25) is 4.79 Å². The molecule has 1 heterocycles. The van der Waals surface area contributed by atoms with Gasteiger partial charge in [0.25, 0.3) is 5.91 Å². The van der Waals surface area contributed by atoms with Gasteiger partial charge in [-0.1, -0.05) is 29.3 Å². The predicted molar refractivity (Wildman–Crippen MR) is 125 cm³/mol. The van der Waals surface area contributed by atoms with Gasteiger partial charge in [0.2, 0.25) is 10.0 Å². The van der Waals surface area contributed by atoms with Gasteiger partial charge in [-0.15, -0.1) is 0 Å². The average molecular weight is 499 g/mol. The van der Waals surface area contributed by atoms with Gasteiger partial charge in [0.05, 0.1) is 5.02 Å². The highest BCUT2D eigenvalue weighted by Gasteiger charge is 2.26. The van der Waals surface area contributed by atoms with Crippen LogP contribution in [0.2, 0.25) is 10.0 Å². The lowest BCUT2D eigenvalue weighted by atomic mass is 10.2. The molecule has 1 N–H and O–H groups in total. The molecule has 1 aliphatic heterocycles. The molecule has 0 aromatic heterocycles. The Hall–Kier alpha value is -2.33. The Kier molecular flexibility index (Phi) is 7.66. The van der Waals surface area contributed by atoms with E-state index in [0.29, 0.717) is 43.3 Å². The van der Waals surface area contributed by atoms with E-state index in [0.717, 1.165) is 4.31 Å². The first-order chi connectivity index (χ1) is 15.1. The number of hydrogen-bond acceptors (Lipinski definition) is 4. The second-order valence-electron chi connectivity index (χ2n) is 7.51. The van der Waals surface area contributed by atoms with Gasteiger partial charge in [0.1, 0.15) is 4.90 Å². The smallest absolute Gasteiger partial charge is 0.321 e. The van der Waals surface area contributed by atoms with E-state index in [-0.39, 0.29) is 27.4 Å². The third-order valence-corrected chi connectivity index (χ3v) is 7.61. The maximum Gasteiger partial charge on any atom is 0.321 e. The van der Waals surface area contributed by atoms with Crippen LogP contribution in [-0.2, 0) is 10.0 Å². The normalized spacial score (nSPS) is 14.9. The molecule has 8 nitrogen and oxygen atoms in total. The fourth-order valence-corrected chi connectivity index (χ4v) is 4.89. The molecule has 172 valence electrons. The molecule has 3 rings (SSSR count). The molecule has 1 saturated heterocycles. The summed E-state index contributed by atoms with van der Waals surface area (Å²) < 4.78 is 26.1. The fraction of sp³-hybridized carbons (Fsp3) is 0.333. The summed E-state index contributed by atoms with van der Waals surface area (Å²) in [6.07, 6.45) is 0.588. The van der Waals surface area contributed by atoms with Crippen LogP contribution in [0.25, 0.3) is 0 Å². The minimum Gasteiger partial charge on any atom is -0.337 e. The fourth-order valence-electron chi connectivity index (χ4n) is 3.31. The van der Waals surface area contributed by atoms with Crippen molar-refractivity contribution in [3.63, 3.8) is 0 Å². The largest absolute Gasteiger partial charge is 0.337 e. The predicted octanol–water partition coefficient (Wildman–Crippen LogP) is 3.62. The maximum atomic E-state index is 13.1. The van der Waals surface area contributed by atoms with Crippen molar-refractivity contribution in [3.05, 3.63) is 58.1 Å². The number of carbonyl (C=O) groups excluding carboxylic acids is 2. The molecule has 0 spiro atoms. The number of sulfonamides is 1. The molecule has 32 heavy (non-hydrogen) atoms. The second kappa shape index (κ2) is 10.1. The molecule has 0 unspecified atom stereocenters.